The molecule has 0 aliphatic heterocycles. The minimum atomic E-state index is -4.09. The SMILES string of the molecule is CC(F)C(F)(F)C(F)OC(C)(C)C. The molecule has 0 N–H and O–H groups in total. The van der Waals surface area contributed by atoms with Crippen molar-refractivity contribution < 1.29 is 22.3 Å². The van der Waals surface area contributed by atoms with Gasteiger partial charge in [-0.1, -0.05) is 0 Å². The molecular formula is C8H14F4O. The van der Waals surface area contributed by atoms with Crippen molar-refractivity contribution in [2.45, 2.75) is 51.7 Å². The maximum atomic E-state index is 12.7. The minimum absolute atomic E-state index is 0.596. The highest BCUT2D eigenvalue weighted by Gasteiger charge is 2.48. The predicted molar refractivity (Wildman–Crippen MR) is 41.3 cm³/mol. The Bertz CT molecular complexity index is 162. The predicted octanol–water partition coefficient (Wildman–Crippen LogP) is 3.09. The van der Waals surface area contributed by atoms with Crippen LogP contribution < -0.4 is 0 Å². The number of ether oxygens (including phenoxy) is 1. The first-order valence-corrected chi connectivity index (χ1v) is 3.91. The van der Waals surface area contributed by atoms with E-state index in [9.17, 15) is 17.6 Å². The zero-order valence-electron chi connectivity index (χ0n) is 8.07. The molecule has 2 atom stereocenters. The van der Waals surface area contributed by atoms with Crippen LogP contribution in [0.3, 0.4) is 0 Å². The van der Waals surface area contributed by atoms with E-state index in [-0.39, 0.29) is 0 Å². The summed E-state index contributed by atoms with van der Waals surface area (Å²) < 4.78 is 54.4. The molecular weight excluding hydrogens is 188 g/mol. The summed E-state index contributed by atoms with van der Waals surface area (Å²) in [6.45, 7) is 4.84. The molecule has 0 aromatic heterocycles. The quantitative estimate of drug-likeness (QED) is 0.639. The molecule has 0 rings (SSSR count). The summed E-state index contributed by atoms with van der Waals surface area (Å²) in [5.74, 6) is -4.09. The van der Waals surface area contributed by atoms with E-state index in [0.717, 1.165) is 0 Å². The van der Waals surface area contributed by atoms with Gasteiger partial charge in [0.15, 0.2) is 6.17 Å². The Hall–Kier alpha value is -0.320. The molecule has 0 aromatic carbocycles. The van der Waals surface area contributed by atoms with Crippen molar-refractivity contribution in [2.75, 3.05) is 0 Å². The molecule has 0 aliphatic rings. The van der Waals surface area contributed by atoms with E-state index < -0.39 is 24.1 Å². The number of rotatable bonds is 3. The lowest BCUT2D eigenvalue weighted by Crippen LogP contribution is -2.43. The van der Waals surface area contributed by atoms with Crippen molar-refractivity contribution in [3.63, 3.8) is 0 Å². The Kier molecular flexibility index (Phi) is 3.72. The van der Waals surface area contributed by atoms with Crippen LogP contribution in [0, 0.1) is 0 Å². The Morgan fingerprint density at radius 1 is 1.08 bits per heavy atom. The van der Waals surface area contributed by atoms with Crippen molar-refractivity contribution in [1.29, 1.82) is 0 Å². The molecule has 0 heterocycles. The fourth-order valence-electron chi connectivity index (χ4n) is 0.570. The standard InChI is InChI=1S/C8H14F4O/c1-5(9)8(11,12)6(10)13-7(2,3)4/h5-6H,1-4H3. The smallest absolute Gasteiger partial charge is 0.332 e. The van der Waals surface area contributed by atoms with Crippen LogP contribution >= 0.6 is 0 Å². The second-order valence-electron chi connectivity index (χ2n) is 3.84. The summed E-state index contributed by atoms with van der Waals surface area (Å²) >= 11 is 0. The molecule has 0 amide bonds. The Morgan fingerprint density at radius 3 is 1.69 bits per heavy atom. The number of halogens is 4. The maximum Gasteiger partial charge on any atom is 0.332 e. The molecule has 0 aromatic rings. The Labute approximate surface area is 75.1 Å². The zero-order valence-corrected chi connectivity index (χ0v) is 8.07. The van der Waals surface area contributed by atoms with Crippen molar-refractivity contribution in [3.05, 3.63) is 0 Å². The summed E-state index contributed by atoms with van der Waals surface area (Å²) in [6.07, 6.45) is -5.47. The molecule has 80 valence electrons. The number of hydrogen-bond acceptors (Lipinski definition) is 1. The molecule has 0 spiro atoms. The fourth-order valence-corrected chi connectivity index (χ4v) is 0.570. The molecule has 0 saturated heterocycles. The molecule has 0 saturated carbocycles. The molecule has 0 bridgehead atoms. The van der Waals surface area contributed by atoms with Crippen molar-refractivity contribution >= 4 is 0 Å². The first-order chi connectivity index (χ1) is 5.57. The van der Waals surface area contributed by atoms with Crippen LogP contribution in [-0.4, -0.2) is 24.1 Å². The number of hydrogen-bond donors (Lipinski definition) is 0. The van der Waals surface area contributed by atoms with Crippen LogP contribution in [0.15, 0.2) is 0 Å². The van der Waals surface area contributed by atoms with Gasteiger partial charge < -0.3 is 4.74 Å². The lowest BCUT2D eigenvalue weighted by molar-refractivity contribution is -0.252. The van der Waals surface area contributed by atoms with Crippen molar-refractivity contribution in [2.24, 2.45) is 0 Å². The van der Waals surface area contributed by atoms with Crippen LogP contribution in [0.2, 0.25) is 0 Å². The van der Waals surface area contributed by atoms with Gasteiger partial charge >= 0.3 is 5.92 Å². The van der Waals surface area contributed by atoms with E-state index in [4.69, 9.17) is 0 Å². The molecule has 1 nitrogen and oxygen atoms in total. The summed E-state index contributed by atoms with van der Waals surface area (Å²) in [6, 6.07) is 0. The van der Waals surface area contributed by atoms with Crippen LogP contribution in [0.25, 0.3) is 0 Å². The molecule has 0 fully saturated rings. The van der Waals surface area contributed by atoms with Gasteiger partial charge in [-0.2, -0.15) is 8.78 Å². The van der Waals surface area contributed by atoms with Gasteiger partial charge in [0.25, 0.3) is 6.36 Å². The average molecular weight is 202 g/mol. The van der Waals surface area contributed by atoms with Gasteiger partial charge in [0, 0.05) is 0 Å². The highest BCUT2D eigenvalue weighted by atomic mass is 19.3. The normalized spacial score (nSPS) is 18.5. The third kappa shape index (κ3) is 3.93. The van der Waals surface area contributed by atoms with Gasteiger partial charge in [-0.25, -0.2) is 8.78 Å². The molecule has 13 heavy (non-hydrogen) atoms. The van der Waals surface area contributed by atoms with Gasteiger partial charge in [-0.15, -0.1) is 0 Å². The molecule has 2 unspecified atom stereocenters. The maximum absolute atomic E-state index is 12.7. The second-order valence-corrected chi connectivity index (χ2v) is 3.84. The zero-order chi connectivity index (χ0) is 10.9. The largest absolute Gasteiger partial charge is 0.338 e. The Balaban J connectivity index is 4.34. The fraction of sp³-hybridized carbons (Fsp3) is 1.00. The van der Waals surface area contributed by atoms with E-state index in [2.05, 4.69) is 4.74 Å². The van der Waals surface area contributed by atoms with E-state index in [1.54, 1.807) is 0 Å². The first-order valence-electron chi connectivity index (χ1n) is 3.91. The lowest BCUT2D eigenvalue weighted by atomic mass is 10.1. The topological polar surface area (TPSA) is 9.23 Å². The molecule has 5 heteroatoms. The summed E-state index contributed by atoms with van der Waals surface area (Å²) in [7, 11) is 0. The van der Waals surface area contributed by atoms with Gasteiger partial charge in [0.05, 0.1) is 5.60 Å². The molecule has 0 radical (unpaired) electrons. The van der Waals surface area contributed by atoms with Crippen molar-refractivity contribution in [1.82, 2.24) is 0 Å². The summed E-state index contributed by atoms with van der Waals surface area (Å²) in [4.78, 5) is 0. The summed E-state index contributed by atoms with van der Waals surface area (Å²) in [5, 5.41) is 0. The van der Waals surface area contributed by atoms with E-state index in [1.807, 2.05) is 0 Å². The van der Waals surface area contributed by atoms with Crippen molar-refractivity contribution in [3.8, 4) is 0 Å². The second kappa shape index (κ2) is 3.82. The Morgan fingerprint density at radius 2 is 1.46 bits per heavy atom. The highest BCUT2D eigenvalue weighted by Crippen LogP contribution is 2.31. The van der Waals surface area contributed by atoms with E-state index in [1.165, 1.54) is 20.8 Å². The average Bonchev–Trinajstić information content (AvgIpc) is 1.82. The monoisotopic (exact) mass is 202 g/mol. The summed E-state index contributed by atoms with van der Waals surface area (Å²) in [5.41, 5.74) is -1.06. The van der Waals surface area contributed by atoms with Gasteiger partial charge in [-0.3, -0.25) is 0 Å². The van der Waals surface area contributed by atoms with Crippen LogP contribution in [-0.2, 0) is 4.74 Å². The van der Waals surface area contributed by atoms with Crippen LogP contribution in [0.5, 0.6) is 0 Å². The van der Waals surface area contributed by atoms with Crippen LogP contribution in [0.1, 0.15) is 27.7 Å². The number of alkyl halides is 4. The third-order valence-corrected chi connectivity index (χ3v) is 1.29. The lowest BCUT2D eigenvalue weighted by Gasteiger charge is -2.28. The molecule has 0 aliphatic carbocycles. The van der Waals surface area contributed by atoms with Gasteiger partial charge in [0.2, 0.25) is 0 Å². The van der Waals surface area contributed by atoms with Gasteiger partial charge in [0.1, 0.15) is 0 Å². The van der Waals surface area contributed by atoms with Gasteiger partial charge in [-0.05, 0) is 27.7 Å². The first kappa shape index (κ1) is 12.7. The minimum Gasteiger partial charge on any atom is -0.338 e. The van der Waals surface area contributed by atoms with E-state index >= 15 is 0 Å². The third-order valence-electron chi connectivity index (χ3n) is 1.29. The van der Waals surface area contributed by atoms with Crippen LogP contribution in [0.4, 0.5) is 17.6 Å². The highest BCUT2D eigenvalue weighted by molar-refractivity contribution is 4.78. The van der Waals surface area contributed by atoms with E-state index in [0.29, 0.717) is 6.92 Å².